The summed E-state index contributed by atoms with van der Waals surface area (Å²) in [6.45, 7) is 1.11. The Hall–Kier alpha value is -0.330. The first kappa shape index (κ1) is 14.7. The van der Waals surface area contributed by atoms with Crippen molar-refractivity contribution in [3.63, 3.8) is 0 Å². The number of alkyl halides is 3. The van der Waals surface area contributed by atoms with Gasteiger partial charge in [-0.3, -0.25) is 0 Å². The van der Waals surface area contributed by atoms with E-state index in [1.54, 1.807) is 0 Å². The molecule has 2 unspecified atom stereocenters. The van der Waals surface area contributed by atoms with Crippen molar-refractivity contribution in [2.75, 3.05) is 13.2 Å². The lowest BCUT2D eigenvalue weighted by Gasteiger charge is -2.22. The SMILES string of the molecule is CCCC(N)C(CO)OCCC(F)(F)F. The van der Waals surface area contributed by atoms with E-state index in [0.29, 0.717) is 6.42 Å². The molecule has 3 nitrogen and oxygen atoms in total. The van der Waals surface area contributed by atoms with Crippen molar-refractivity contribution in [2.24, 2.45) is 5.73 Å². The van der Waals surface area contributed by atoms with Crippen LogP contribution in [0.15, 0.2) is 0 Å². The third kappa shape index (κ3) is 7.58. The Morgan fingerprint density at radius 2 is 2.00 bits per heavy atom. The van der Waals surface area contributed by atoms with Crippen molar-refractivity contribution in [1.29, 1.82) is 0 Å². The van der Waals surface area contributed by atoms with E-state index in [4.69, 9.17) is 15.6 Å². The lowest BCUT2D eigenvalue weighted by atomic mass is 10.1. The standard InChI is InChI=1S/C9H18F3NO2/c1-2-3-7(13)8(6-14)15-5-4-9(10,11)12/h7-8,14H,2-6,13H2,1H3. The zero-order valence-corrected chi connectivity index (χ0v) is 8.76. The molecule has 15 heavy (non-hydrogen) atoms. The van der Waals surface area contributed by atoms with Gasteiger partial charge in [-0.2, -0.15) is 13.2 Å². The molecule has 0 rings (SSSR count). The van der Waals surface area contributed by atoms with Crippen molar-refractivity contribution in [2.45, 2.75) is 44.5 Å². The lowest BCUT2D eigenvalue weighted by Crippen LogP contribution is -2.39. The predicted molar refractivity (Wildman–Crippen MR) is 50.4 cm³/mol. The molecule has 0 saturated carbocycles. The van der Waals surface area contributed by atoms with Gasteiger partial charge in [-0.1, -0.05) is 13.3 Å². The van der Waals surface area contributed by atoms with Gasteiger partial charge in [0, 0.05) is 6.04 Å². The largest absolute Gasteiger partial charge is 0.394 e. The summed E-state index contributed by atoms with van der Waals surface area (Å²) in [5, 5.41) is 8.87. The average Bonchev–Trinajstić information content (AvgIpc) is 2.11. The Balaban J connectivity index is 3.80. The number of ether oxygens (including phenoxy) is 1. The van der Waals surface area contributed by atoms with Crippen molar-refractivity contribution in [1.82, 2.24) is 0 Å². The van der Waals surface area contributed by atoms with E-state index < -0.39 is 31.3 Å². The van der Waals surface area contributed by atoms with Gasteiger partial charge in [0.05, 0.1) is 25.7 Å². The zero-order chi connectivity index (χ0) is 11.9. The molecule has 0 radical (unpaired) electrons. The Labute approximate surface area is 87.4 Å². The Kier molecular flexibility index (Phi) is 6.87. The molecule has 0 spiro atoms. The summed E-state index contributed by atoms with van der Waals surface area (Å²) in [6, 6.07) is -0.409. The minimum atomic E-state index is -4.23. The number of aliphatic hydroxyl groups is 1. The number of hydrogen-bond acceptors (Lipinski definition) is 3. The monoisotopic (exact) mass is 229 g/mol. The maximum atomic E-state index is 11.8. The third-order valence-corrected chi connectivity index (χ3v) is 2.00. The highest BCUT2D eigenvalue weighted by Crippen LogP contribution is 2.19. The van der Waals surface area contributed by atoms with Crippen LogP contribution < -0.4 is 5.73 Å². The molecule has 3 N–H and O–H groups in total. The maximum Gasteiger partial charge on any atom is 0.391 e. The molecule has 0 heterocycles. The second-order valence-corrected chi connectivity index (χ2v) is 3.41. The smallest absolute Gasteiger partial charge is 0.391 e. The molecule has 0 saturated heterocycles. The van der Waals surface area contributed by atoms with Crippen LogP contribution in [0, 0.1) is 0 Å². The highest BCUT2D eigenvalue weighted by Gasteiger charge is 2.27. The molecule has 0 aliphatic carbocycles. The van der Waals surface area contributed by atoms with E-state index >= 15 is 0 Å². The van der Waals surface area contributed by atoms with Gasteiger partial charge in [-0.25, -0.2) is 0 Å². The Bertz CT molecular complexity index is 164. The quantitative estimate of drug-likeness (QED) is 0.694. The summed E-state index contributed by atoms with van der Waals surface area (Å²) < 4.78 is 40.2. The van der Waals surface area contributed by atoms with Gasteiger partial charge in [-0.05, 0) is 6.42 Å². The maximum absolute atomic E-state index is 11.8. The van der Waals surface area contributed by atoms with Crippen LogP contribution in [0.3, 0.4) is 0 Å². The molecule has 0 aliphatic rings. The minimum absolute atomic E-state index is 0.348. The highest BCUT2D eigenvalue weighted by molar-refractivity contribution is 4.72. The summed E-state index contributed by atoms with van der Waals surface area (Å²) in [4.78, 5) is 0. The first-order valence-corrected chi connectivity index (χ1v) is 4.95. The molecule has 0 fully saturated rings. The second kappa shape index (κ2) is 7.03. The van der Waals surface area contributed by atoms with Gasteiger partial charge >= 0.3 is 6.18 Å². The van der Waals surface area contributed by atoms with Gasteiger partial charge in [-0.15, -0.1) is 0 Å². The molecular weight excluding hydrogens is 211 g/mol. The van der Waals surface area contributed by atoms with Crippen LogP contribution in [-0.4, -0.2) is 36.6 Å². The van der Waals surface area contributed by atoms with Gasteiger partial charge in [0.25, 0.3) is 0 Å². The molecule has 2 atom stereocenters. The van der Waals surface area contributed by atoms with E-state index in [-0.39, 0.29) is 6.61 Å². The van der Waals surface area contributed by atoms with Gasteiger partial charge in [0.2, 0.25) is 0 Å². The highest BCUT2D eigenvalue weighted by atomic mass is 19.4. The van der Waals surface area contributed by atoms with Crippen molar-refractivity contribution >= 4 is 0 Å². The summed E-state index contributed by atoms with van der Waals surface area (Å²) in [7, 11) is 0. The molecule has 6 heteroatoms. The van der Waals surface area contributed by atoms with Crippen LogP contribution in [0.2, 0.25) is 0 Å². The molecule has 0 aromatic rings. The fourth-order valence-electron chi connectivity index (χ4n) is 1.16. The summed E-state index contributed by atoms with van der Waals surface area (Å²) >= 11 is 0. The van der Waals surface area contributed by atoms with Gasteiger partial charge < -0.3 is 15.6 Å². The zero-order valence-electron chi connectivity index (χ0n) is 8.76. The fraction of sp³-hybridized carbons (Fsp3) is 1.00. The number of halogens is 3. The van der Waals surface area contributed by atoms with E-state index in [2.05, 4.69) is 0 Å². The summed E-state index contributed by atoms with van der Waals surface area (Å²) in [5.74, 6) is 0. The molecule has 0 aliphatic heterocycles. The molecule has 0 aromatic carbocycles. The number of rotatable bonds is 7. The van der Waals surface area contributed by atoms with Crippen molar-refractivity contribution < 1.29 is 23.0 Å². The van der Waals surface area contributed by atoms with Gasteiger partial charge in [0.1, 0.15) is 0 Å². The van der Waals surface area contributed by atoms with Gasteiger partial charge in [0.15, 0.2) is 0 Å². The van der Waals surface area contributed by atoms with Crippen LogP contribution in [0.25, 0.3) is 0 Å². The molecule has 0 bridgehead atoms. The Morgan fingerprint density at radius 1 is 1.40 bits per heavy atom. The van der Waals surface area contributed by atoms with Crippen LogP contribution in [0.4, 0.5) is 13.2 Å². The molecule has 92 valence electrons. The fourth-order valence-corrected chi connectivity index (χ4v) is 1.16. The molecule has 0 amide bonds. The number of hydrogen-bond donors (Lipinski definition) is 2. The third-order valence-electron chi connectivity index (χ3n) is 2.00. The minimum Gasteiger partial charge on any atom is -0.394 e. The van der Waals surface area contributed by atoms with Crippen molar-refractivity contribution in [3.8, 4) is 0 Å². The second-order valence-electron chi connectivity index (χ2n) is 3.41. The van der Waals surface area contributed by atoms with Crippen LogP contribution in [0.5, 0.6) is 0 Å². The van der Waals surface area contributed by atoms with Crippen molar-refractivity contribution in [3.05, 3.63) is 0 Å². The first-order chi connectivity index (χ1) is 6.90. The van der Waals surface area contributed by atoms with Crippen LogP contribution in [-0.2, 0) is 4.74 Å². The summed E-state index contributed by atoms with van der Waals surface area (Å²) in [5.41, 5.74) is 5.62. The normalized spacial score (nSPS) is 16.4. The molecule has 0 aromatic heterocycles. The van der Waals surface area contributed by atoms with E-state index in [1.807, 2.05) is 6.92 Å². The van der Waals surface area contributed by atoms with E-state index in [1.165, 1.54) is 0 Å². The van der Waals surface area contributed by atoms with Crippen LogP contribution in [0.1, 0.15) is 26.2 Å². The van der Waals surface area contributed by atoms with E-state index in [0.717, 1.165) is 6.42 Å². The topological polar surface area (TPSA) is 55.5 Å². The number of aliphatic hydroxyl groups excluding tert-OH is 1. The average molecular weight is 229 g/mol. The molecular formula is C9H18F3NO2. The van der Waals surface area contributed by atoms with Crippen LogP contribution >= 0.6 is 0 Å². The summed E-state index contributed by atoms with van der Waals surface area (Å²) in [6.07, 6.45) is -4.51. The van der Waals surface area contributed by atoms with E-state index in [9.17, 15) is 13.2 Å². The first-order valence-electron chi connectivity index (χ1n) is 4.95. The Morgan fingerprint density at radius 3 is 2.40 bits per heavy atom. The lowest BCUT2D eigenvalue weighted by molar-refractivity contribution is -0.151. The number of nitrogens with two attached hydrogens (primary N) is 1. The predicted octanol–water partition coefficient (Wildman–Crippen LogP) is 1.44.